The monoisotopic (exact) mass is 420 g/mol. The van der Waals surface area contributed by atoms with Crippen LogP contribution in [0.2, 0.25) is 0 Å². The molecule has 0 fully saturated rings. The summed E-state index contributed by atoms with van der Waals surface area (Å²) < 4.78 is 41.9. The molecule has 2 aromatic carbocycles. The van der Waals surface area contributed by atoms with Gasteiger partial charge in [0.2, 0.25) is 10.0 Å². The van der Waals surface area contributed by atoms with E-state index >= 15 is 0 Å². The molecule has 9 heteroatoms. The fraction of sp³-hybridized carbons (Fsp3) is 0.350. The highest BCUT2D eigenvalue weighted by molar-refractivity contribution is 7.92. The van der Waals surface area contributed by atoms with Crippen molar-refractivity contribution in [2.75, 3.05) is 31.3 Å². The lowest BCUT2D eigenvalue weighted by Gasteiger charge is -2.34. The highest BCUT2D eigenvalue weighted by Crippen LogP contribution is 2.35. The van der Waals surface area contributed by atoms with Gasteiger partial charge in [-0.1, -0.05) is 18.2 Å². The zero-order valence-corrected chi connectivity index (χ0v) is 17.5. The normalized spacial score (nSPS) is 17.0. The number of sulfonamides is 1. The molecule has 0 bridgehead atoms. The molecule has 3 rings (SSSR count). The van der Waals surface area contributed by atoms with Gasteiger partial charge in [0.05, 0.1) is 38.7 Å². The Kier molecular flexibility index (Phi) is 5.88. The Labute approximate surface area is 170 Å². The Hall–Kier alpha value is -2.94. The van der Waals surface area contributed by atoms with E-state index in [2.05, 4.69) is 5.32 Å². The van der Waals surface area contributed by atoms with Crippen LogP contribution in [0, 0.1) is 0 Å². The average Bonchev–Trinajstić information content (AvgIpc) is 2.71. The van der Waals surface area contributed by atoms with Crippen LogP contribution >= 0.6 is 0 Å². The number of para-hydroxylation sites is 2. The van der Waals surface area contributed by atoms with Crippen molar-refractivity contribution in [1.82, 2.24) is 5.32 Å². The Morgan fingerprint density at radius 3 is 2.52 bits per heavy atom. The van der Waals surface area contributed by atoms with Crippen molar-refractivity contribution in [3.63, 3.8) is 0 Å². The number of rotatable bonds is 6. The molecule has 0 spiro atoms. The minimum Gasteiger partial charge on any atom is -0.493 e. The quantitative estimate of drug-likeness (QED) is 0.769. The van der Waals surface area contributed by atoms with E-state index in [0.717, 1.165) is 11.8 Å². The van der Waals surface area contributed by atoms with Gasteiger partial charge in [-0.05, 0) is 36.8 Å². The first-order valence-electron chi connectivity index (χ1n) is 9.00. The number of fused-ring (bicyclic) bond motifs is 1. The van der Waals surface area contributed by atoms with Gasteiger partial charge in [-0.15, -0.1) is 0 Å². The summed E-state index contributed by atoms with van der Waals surface area (Å²) in [4.78, 5) is 12.8. The SMILES string of the molecule is COc1ccc([C@@H](C)NC(=O)[C@@H]2CN(S(C)(=O)=O)c3ccccc3O2)cc1OC. The van der Waals surface area contributed by atoms with Crippen molar-refractivity contribution < 1.29 is 27.4 Å². The molecule has 0 saturated carbocycles. The van der Waals surface area contributed by atoms with E-state index in [4.69, 9.17) is 14.2 Å². The van der Waals surface area contributed by atoms with Gasteiger partial charge in [-0.25, -0.2) is 8.42 Å². The first kappa shape index (κ1) is 20.8. The van der Waals surface area contributed by atoms with E-state index in [1.807, 2.05) is 13.0 Å². The van der Waals surface area contributed by atoms with Crippen molar-refractivity contribution in [1.29, 1.82) is 0 Å². The lowest BCUT2D eigenvalue weighted by Crippen LogP contribution is -2.50. The first-order valence-corrected chi connectivity index (χ1v) is 10.8. The van der Waals surface area contributed by atoms with Crippen LogP contribution in [-0.2, 0) is 14.8 Å². The summed E-state index contributed by atoms with van der Waals surface area (Å²) in [5, 5.41) is 2.88. The number of ether oxygens (including phenoxy) is 3. The van der Waals surface area contributed by atoms with E-state index in [1.54, 1.807) is 43.5 Å². The highest BCUT2D eigenvalue weighted by Gasteiger charge is 2.35. The van der Waals surface area contributed by atoms with Gasteiger partial charge < -0.3 is 19.5 Å². The number of anilines is 1. The third-order valence-electron chi connectivity index (χ3n) is 4.69. The zero-order chi connectivity index (χ0) is 21.2. The summed E-state index contributed by atoms with van der Waals surface area (Å²) >= 11 is 0. The maximum atomic E-state index is 12.8. The van der Waals surface area contributed by atoms with Crippen LogP contribution in [0.1, 0.15) is 18.5 Å². The predicted octanol–water partition coefficient (Wildman–Crippen LogP) is 2.11. The lowest BCUT2D eigenvalue weighted by molar-refractivity contribution is -0.128. The summed E-state index contributed by atoms with van der Waals surface area (Å²) in [5.74, 6) is 1.08. The highest BCUT2D eigenvalue weighted by atomic mass is 32.2. The van der Waals surface area contributed by atoms with Crippen molar-refractivity contribution in [2.45, 2.75) is 19.1 Å². The second-order valence-electron chi connectivity index (χ2n) is 6.71. The molecule has 0 unspecified atom stereocenters. The molecular weight excluding hydrogens is 396 g/mol. The van der Waals surface area contributed by atoms with Crippen LogP contribution in [-0.4, -0.2) is 47.4 Å². The fourth-order valence-electron chi connectivity index (χ4n) is 3.16. The Balaban J connectivity index is 1.79. The maximum Gasteiger partial charge on any atom is 0.263 e. The number of carbonyl (C=O) groups excluding carboxylic acids is 1. The number of benzene rings is 2. The molecular formula is C20H24N2O6S. The summed E-state index contributed by atoms with van der Waals surface area (Å²) in [7, 11) is -0.470. The molecule has 0 saturated heterocycles. The largest absolute Gasteiger partial charge is 0.493 e. The van der Waals surface area contributed by atoms with Gasteiger partial charge in [-0.3, -0.25) is 9.10 Å². The average molecular weight is 420 g/mol. The van der Waals surface area contributed by atoms with Crippen molar-refractivity contribution in [2.24, 2.45) is 0 Å². The summed E-state index contributed by atoms with van der Waals surface area (Å²) in [6, 6.07) is 11.8. The molecule has 8 nitrogen and oxygen atoms in total. The standard InChI is InChI=1S/C20H24N2O6S/c1-13(14-9-10-17(26-2)18(11-14)27-3)21-20(23)19-12-22(29(4,24)25)15-7-5-6-8-16(15)28-19/h5-11,13,19H,12H2,1-4H3,(H,21,23)/t13-,19+/m1/s1. The van der Waals surface area contributed by atoms with Gasteiger partial charge >= 0.3 is 0 Å². The van der Waals surface area contributed by atoms with Crippen LogP contribution < -0.4 is 23.8 Å². The zero-order valence-electron chi connectivity index (χ0n) is 16.7. The Bertz CT molecular complexity index is 1010. The molecule has 1 aliphatic rings. The van der Waals surface area contributed by atoms with Crippen molar-refractivity contribution in [3.05, 3.63) is 48.0 Å². The third-order valence-corrected chi connectivity index (χ3v) is 5.84. The molecule has 0 radical (unpaired) electrons. The van der Waals surface area contributed by atoms with Crippen LogP contribution in [0.15, 0.2) is 42.5 Å². The van der Waals surface area contributed by atoms with Crippen LogP contribution in [0.5, 0.6) is 17.2 Å². The van der Waals surface area contributed by atoms with Gasteiger partial charge in [0, 0.05) is 0 Å². The third kappa shape index (κ3) is 4.40. The Morgan fingerprint density at radius 1 is 1.17 bits per heavy atom. The summed E-state index contributed by atoms with van der Waals surface area (Å²) in [6.07, 6.45) is 0.137. The second-order valence-corrected chi connectivity index (χ2v) is 8.62. The number of methoxy groups -OCH3 is 2. The second kappa shape index (κ2) is 8.20. The van der Waals surface area contributed by atoms with Gasteiger partial charge in [-0.2, -0.15) is 0 Å². The maximum absolute atomic E-state index is 12.8. The lowest BCUT2D eigenvalue weighted by atomic mass is 10.1. The number of hydrogen-bond acceptors (Lipinski definition) is 6. The number of amides is 1. The number of nitrogens with zero attached hydrogens (tertiary/aromatic N) is 1. The van der Waals surface area contributed by atoms with Gasteiger partial charge in [0.15, 0.2) is 17.6 Å². The van der Waals surface area contributed by atoms with E-state index in [0.29, 0.717) is 22.9 Å². The summed E-state index contributed by atoms with van der Waals surface area (Å²) in [6.45, 7) is 1.73. The smallest absolute Gasteiger partial charge is 0.263 e. The molecule has 29 heavy (non-hydrogen) atoms. The van der Waals surface area contributed by atoms with E-state index < -0.39 is 22.0 Å². The van der Waals surface area contributed by atoms with E-state index in [1.165, 1.54) is 11.4 Å². The van der Waals surface area contributed by atoms with Crippen LogP contribution in [0.3, 0.4) is 0 Å². The molecule has 156 valence electrons. The van der Waals surface area contributed by atoms with Gasteiger partial charge in [0.25, 0.3) is 5.91 Å². The minimum atomic E-state index is -3.56. The molecule has 2 aromatic rings. The predicted molar refractivity (Wildman–Crippen MR) is 109 cm³/mol. The molecule has 0 aromatic heterocycles. The number of nitrogens with one attached hydrogen (secondary N) is 1. The van der Waals surface area contributed by atoms with Crippen molar-refractivity contribution >= 4 is 21.6 Å². The first-order chi connectivity index (χ1) is 13.7. The molecule has 1 N–H and O–H groups in total. The molecule has 2 atom stereocenters. The van der Waals surface area contributed by atoms with Crippen LogP contribution in [0.25, 0.3) is 0 Å². The Morgan fingerprint density at radius 2 is 1.86 bits per heavy atom. The van der Waals surface area contributed by atoms with E-state index in [9.17, 15) is 13.2 Å². The van der Waals surface area contributed by atoms with E-state index in [-0.39, 0.29) is 12.6 Å². The topological polar surface area (TPSA) is 94.2 Å². The van der Waals surface area contributed by atoms with Gasteiger partial charge in [0.1, 0.15) is 5.75 Å². The molecule has 1 aliphatic heterocycles. The number of hydrogen-bond donors (Lipinski definition) is 1. The molecule has 1 amide bonds. The van der Waals surface area contributed by atoms with Crippen LogP contribution in [0.4, 0.5) is 5.69 Å². The fourth-order valence-corrected chi connectivity index (χ4v) is 4.08. The molecule has 0 aliphatic carbocycles. The number of carbonyl (C=O) groups is 1. The molecule has 1 heterocycles. The minimum absolute atomic E-state index is 0.0969. The van der Waals surface area contributed by atoms with Crippen molar-refractivity contribution in [3.8, 4) is 17.2 Å². The summed E-state index contributed by atoms with van der Waals surface area (Å²) in [5.41, 5.74) is 1.24.